The molecule has 2 aromatic heterocycles. The molecule has 0 spiro atoms. The zero-order valence-corrected chi connectivity index (χ0v) is 15.0. The molecule has 0 unspecified atom stereocenters. The van der Waals surface area contributed by atoms with Gasteiger partial charge < -0.3 is 15.0 Å². The standard InChI is InChI=1S/C16H25N7O2/c1-4-23-15-13(20-21-23)14(18-10-19-15)22-8-12(9-22)16(24)17-6-5-7-25-11(2)3/h10-12H,4-9H2,1-3H3,(H,17,24). The molecule has 1 N–H and O–H groups in total. The van der Waals surface area contributed by atoms with Crippen molar-refractivity contribution in [2.24, 2.45) is 5.92 Å². The maximum Gasteiger partial charge on any atom is 0.226 e. The number of aromatic nitrogens is 5. The minimum absolute atomic E-state index is 0.0164. The predicted molar refractivity (Wildman–Crippen MR) is 93.2 cm³/mol. The Kier molecular flexibility index (Phi) is 5.42. The molecule has 1 aliphatic heterocycles. The number of hydrogen-bond acceptors (Lipinski definition) is 7. The SMILES string of the molecule is CCn1nnc2c(N3CC(C(=O)NCCCOC(C)C)C3)ncnc21. The van der Waals surface area contributed by atoms with Gasteiger partial charge in [0.2, 0.25) is 5.91 Å². The van der Waals surface area contributed by atoms with Crippen molar-refractivity contribution in [2.75, 3.05) is 31.1 Å². The lowest BCUT2D eigenvalue weighted by atomic mass is 9.99. The second-order valence-corrected chi connectivity index (χ2v) is 6.44. The molecule has 1 fully saturated rings. The fourth-order valence-electron chi connectivity index (χ4n) is 2.79. The number of rotatable bonds is 8. The summed E-state index contributed by atoms with van der Waals surface area (Å²) >= 11 is 0. The van der Waals surface area contributed by atoms with Crippen molar-refractivity contribution in [2.45, 2.75) is 39.8 Å². The van der Waals surface area contributed by atoms with E-state index in [2.05, 4.69) is 25.6 Å². The van der Waals surface area contributed by atoms with Gasteiger partial charge in [-0.15, -0.1) is 5.10 Å². The molecule has 0 aromatic carbocycles. The lowest BCUT2D eigenvalue weighted by molar-refractivity contribution is -0.125. The number of nitrogens with one attached hydrogen (secondary N) is 1. The minimum Gasteiger partial charge on any atom is -0.379 e. The molecular weight excluding hydrogens is 322 g/mol. The van der Waals surface area contributed by atoms with Gasteiger partial charge in [0.1, 0.15) is 6.33 Å². The zero-order chi connectivity index (χ0) is 17.8. The third-order valence-corrected chi connectivity index (χ3v) is 4.20. The van der Waals surface area contributed by atoms with Crippen molar-refractivity contribution in [3.05, 3.63) is 6.33 Å². The van der Waals surface area contributed by atoms with Crippen molar-refractivity contribution in [1.29, 1.82) is 0 Å². The number of nitrogens with zero attached hydrogens (tertiary/aromatic N) is 6. The van der Waals surface area contributed by atoms with Crippen LogP contribution in [0.3, 0.4) is 0 Å². The Morgan fingerprint density at radius 2 is 2.20 bits per heavy atom. The molecule has 1 aliphatic rings. The Morgan fingerprint density at radius 3 is 2.92 bits per heavy atom. The summed E-state index contributed by atoms with van der Waals surface area (Å²) in [4.78, 5) is 22.8. The number of ether oxygens (including phenoxy) is 1. The number of carbonyl (C=O) groups excluding carboxylic acids is 1. The Bertz CT molecular complexity index is 724. The van der Waals surface area contributed by atoms with Crippen LogP contribution in [0.4, 0.5) is 5.82 Å². The molecule has 9 heteroatoms. The van der Waals surface area contributed by atoms with E-state index in [1.54, 1.807) is 4.68 Å². The highest BCUT2D eigenvalue weighted by molar-refractivity contribution is 5.86. The molecule has 1 saturated heterocycles. The van der Waals surface area contributed by atoms with Crippen LogP contribution in [-0.4, -0.2) is 63.2 Å². The molecule has 3 heterocycles. The fraction of sp³-hybridized carbons (Fsp3) is 0.688. The van der Waals surface area contributed by atoms with Crippen molar-refractivity contribution < 1.29 is 9.53 Å². The summed E-state index contributed by atoms with van der Waals surface area (Å²) < 4.78 is 7.20. The monoisotopic (exact) mass is 347 g/mol. The quantitative estimate of drug-likeness (QED) is 0.699. The summed E-state index contributed by atoms with van der Waals surface area (Å²) in [5, 5.41) is 11.2. The lowest BCUT2D eigenvalue weighted by Gasteiger charge is -2.38. The van der Waals surface area contributed by atoms with Gasteiger partial charge in [-0.05, 0) is 27.2 Å². The number of amides is 1. The Hall–Kier alpha value is -2.29. The average Bonchev–Trinajstić information content (AvgIpc) is 2.96. The van der Waals surface area contributed by atoms with Crippen LogP contribution < -0.4 is 10.2 Å². The van der Waals surface area contributed by atoms with E-state index in [0.717, 1.165) is 17.9 Å². The van der Waals surface area contributed by atoms with Crippen LogP contribution in [0.5, 0.6) is 0 Å². The Morgan fingerprint density at radius 1 is 1.40 bits per heavy atom. The lowest BCUT2D eigenvalue weighted by Crippen LogP contribution is -2.54. The Labute approximate surface area is 146 Å². The summed E-state index contributed by atoms with van der Waals surface area (Å²) in [7, 11) is 0. The largest absolute Gasteiger partial charge is 0.379 e. The molecule has 0 radical (unpaired) electrons. The topological polar surface area (TPSA) is 98.1 Å². The average molecular weight is 347 g/mol. The summed E-state index contributed by atoms with van der Waals surface area (Å²) in [5.41, 5.74) is 1.42. The van der Waals surface area contributed by atoms with E-state index in [-0.39, 0.29) is 17.9 Å². The van der Waals surface area contributed by atoms with Crippen molar-refractivity contribution in [3.8, 4) is 0 Å². The summed E-state index contributed by atoms with van der Waals surface area (Å²) in [6, 6.07) is 0. The number of aryl methyl sites for hydroxylation is 1. The van der Waals surface area contributed by atoms with Crippen LogP contribution in [-0.2, 0) is 16.1 Å². The van der Waals surface area contributed by atoms with Crippen LogP contribution in [0, 0.1) is 5.92 Å². The van der Waals surface area contributed by atoms with Gasteiger partial charge in [-0.25, -0.2) is 14.6 Å². The van der Waals surface area contributed by atoms with E-state index in [1.165, 1.54) is 6.33 Å². The first-order valence-electron chi connectivity index (χ1n) is 8.78. The highest BCUT2D eigenvalue weighted by Gasteiger charge is 2.34. The molecule has 1 amide bonds. The van der Waals surface area contributed by atoms with Gasteiger partial charge in [0.05, 0.1) is 12.0 Å². The van der Waals surface area contributed by atoms with Crippen LogP contribution in [0.2, 0.25) is 0 Å². The first-order valence-corrected chi connectivity index (χ1v) is 8.78. The van der Waals surface area contributed by atoms with E-state index >= 15 is 0 Å². The van der Waals surface area contributed by atoms with Crippen LogP contribution in [0.1, 0.15) is 27.2 Å². The predicted octanol–water partition coefficient (Wildman–Crippen LogP) is 0.609. The smallest absolute Gasteiger partial charge is 0.226 e. The summed E-state index contributed by atoms with van der Waals surface area (Å²) in [5.74, 6) is 0.819. The van der Waals surface area contributed by atoms with Crippen molar-refractivity contribution in [3.63, 3.8) is 0 Å². The minimum atomic E-state index is -0.0164. The number of anilines is 1. The molecule has 2 aromatic rings. The molecule has 0 aliphatic carbocycles. The number of fused-ring (bicyclic) bond motifs is 1. The van der Waals surface area contributed by atoms with E-state index < -0.39 is 0 Å². The van der Waals surface area contributed by atoms with Crippen LogP contribution >= 0.6 is 0 Å². The van der Waals surface area contributed by atoms with Gasteiger partial charge in [0.15, 0.2) is 17.0 Å². The van der Waals surface area contributed by atoms with Gasteiger partial charge in [-0.3, -0.25) is 4.79 Å². The Balaban J connectivity index is 1.49. The molecular formula is C16H25N7O2. The van der Waals surface area contributed by atoms with Gasteiger partial charge in [-0.1, -0.05) is 5.21 Å². The van der Waals surface area contributed by atoms with Crippen molar-refractivity contribution >= 4 is 22.9 Å². The maximum absolute atomic E-state index is 12.2. The number of hydrogen-bond donors (Lipinski definition) is 1. The third-order valence-electron chi connectivity index (χ3n) is 4.20. The zero-order valence-electron chi connectivity index (χ0n) is 15.0. The fourth-order valence-corrected chi connectivity index (χ4v) is 2.79. The molecule has 9 nitrogen and oxygen atoms in total. The van der Waals surface area contributed by atoms with Crippen molar-refractivity contribution in [1.82, 2.24) is 30.3 Å². The molecule has 3 rings (SSSR count). The van der Waals surface area contributed by atoms with E-state index in [4.69, 9.17) is 4.74 Å². The van der Waals surface area contributed by atoms with Crippen LogP contribution in [0.25, 0.3) is 11.2 Å². The molecule has 0 saturated carbocycles. The molecule has 0 atom stereocenters. The van der Waals surface area contributed by atoms with E-state index in [9.17, 15) is 4.79 Å². The second-order valence-electron chi connectivity index (χ2n) is 6.44. The number of carbonyl (C=O) groups is 1. The first kappa shape index (κ1) is 17.5. The summed E-state index contributed by atoms with van der Waals surface area (Å²) in [6.07, 6.45) is 2.58. The molecule has 25 heavy (non-hydrogen) atoms. The second kappa shape index (κ2) is 7.73. The maximum atomic E-state index is 12.2. The first-order chi connectivity index (χ1) is 12.1. The van der Waals surface area contributed by atoms with Gasteiger partial charge in [0.25, 0.3) is 0 Å². The van der Waals surface area contributed by atoms with E-state index in [1.807, 2.05) is 25.7 Å². The highest BCUT2D eigenvalue weighted by Crippen LogP contribution is 2.27. The summed E-state index contributed by atoms with van der Waals surface area (Å²) in [6.45, 7) is 9.30. The van der Waals surface area contributed by atoms with E-state index in [0.29, 0.717) is 38.3 Å². The molecule has 0 bridgehead atoms. The third kappa shape index (κ3) is 3.87. The van der Waals surface area contributed by atoms with Gasteiger partial charge >= 0.3 is 0 Å². The van der Waals surface area contributed by atoms with Gasteiger partial charge in [0, 0.05) is 32.8 Å². The normalized spacial score (nSPS) is 15.0. The highest BCUT2D eigenvalue weighted by atomic mass is 16.5. The van der Waals surface area contributed by atoms with Crippen LogP contribution in [0.15, 0.2) is 6.33 Å². The van der Waals surface area contributed by atoms with Gasteiger partial charge in [-0.2, -0.15) is 0 Å². The molecule has 136 valence electrons.